The summed E-state index contributed by atoms with van der Waals surface area (Å²) in [5.74, 6) is 0.485. The first-order valence-corrected chi connectivity index (χ1v) is 47.6. The number of hydrogen-bond donors (Lipinski definition) is 8. The molecule has 10 aromatic rings. The second-order valence-electron chi connectivity index (χ2n) is 32.8. The predicted octanol–water partition coefficient (Wildman–Crippen LogP) is 15.8. The van der Waals surface area contributed by atoms with Crippen LogP contribution in [0.25, 0.3) is 33.4 Å². The van der Waals surface area contributed by atoms with E-state index in [9.17, 15) is 56.3 Å². The van der Waals surface area contributed by atoms with Crippen LogP contribution in [-0.4, -0.2) is 238 Å². The van der Waals surface area contributed by atoms with Crippen molar-refractivity contribution in [1.29, 1.82) is 0 Å². The Morgan fingerprint density at radius 3 is 1.16 bits per heavy atom. The molecule has 3 saturated heterocycles. The SMILES string of the molecule is C.C.C.CC(=O)NC[C@H]1CN(c2ccc(-c3ccc(CCl)cc3)c(F)c2)C(=O)O1.CC(=O)NC[C@H]1CN(c2ccc(-c3ccc(CN(CCSc4cn[nH]n4)C(=O)OC(C)(C)C)cc3)c(F)c2)C(=O)O1.CC(=O)NC[C@H]1CN(c2ccc(-c3ccc(CNCCSc4cn[nH]n4)cc3)c(F)c2)C(=O)O1.CC(C)(C)OC(=O)CCCBr.CC(C)(C)OC(=O)CCCSc1cn[nH]n1.Cl.Cl.[2H]CF.[Na+].[S-]c1cn[nH]n1. The minimum atomic E-state index is -1.00. The molecule has 3 aliphatic rings. The van der Waals surface area contributed by atoms with E-state index in [1.54, 1.807) is 95.5 Å². The van der Waals surface area contributed by atoms with Crippen LogP contribution < -0.4 is 65.5 Å². The zero-order valence-corrected chi connectivity index (χ0v) is 88.3. The summed E-state index contributed by atoms with van der Waals surface area (Å²) in [5, 5.41) is 55.2. The molecule has 0 spiro atoms. The van der Waals surface area contributed by atoms with Gasteiger partial charge in [0.2, 0.25) is 17.7 Å². The number of nitrogens with zero attached hydrogens (tertiary/aromatic N) is 12. The van der Waals surface area contributed by atoms with Crippen LogP contribution in [0.3, 0.4) is 0 Å². The number of aromatic amines is 4. The summed E-state index contributed by atoms with van der Waals surface area (Å²) in [6.45, 7) is 24.5. The van der Waals surface area contributed by atoms with E-state index < -0.39 is 78.5 Å². The molecular weight excluding hydrogens is 2060 g/mol. The third-order valence-corrected chi connectivity index (χ3v) is 22.1. The number of hydrogen-bond acceptors (Lipinski definition) is 28. The van der Waals surface area contributed by atoms with E-state index in [0.717, 1.165) is 79.1 Å². The Labute approximate surface area is 893 Å². The molecule has 3 atom stereocenters. The topological polar surface area (TPSA) is 436 Å². The molecule has 13 rings (SSSR count). The molecule has 48 heteroatoms. The molecule has 0 saturated carbocycles. The van der Waals surface area contributed by atoms with Crippen molar-refractivity contribution in [3.05, 3.63) is 186 Å². The molecule has 142 heavy (non-hydrogen) atoms. The van der Waals surface area contributed by atoms with Crippen LogP contribution in [0.2, 0.25) is 0 Å². The van der Waals surface area contributed by atoms with Crippen molar-refractivity contribution < 1.29 is 120 Å². The number of H-pyrrole nitrogens is 4. The Hall–Kier alpha value is -10.4. The average Bonchev–Trinajstić information content (AvgIpc) is 1.76. The number of halogens is 8. The van der Waals surface area contributed by atoms with Gasteiger partial charge < -0.3 is 67.2 Å². The third-order valence-electron chi connectivity index (χ3n) is 18.3. The van der Waals surface area contributed by atoms with Gasteiger partial charge in [-0.25, -0.2) is 32.3 Å². The minimum absolute atomic E-state index is 0. The number of cyclic esters (lactones) is 3. The van der Waals surface area contributed by atoms with Crippen LogP contribution in [0, 0.1) is 17.5 Å². The molecule has 8 N–H and O–H groups in total. The fraction of sp³-hybridized carbons (Fsp3) is 0.436. The summed E-state index contributed by atoms with van der Waals surface area (Å²) >= 11 is 18.2. The van der Waals surface area contributed by atoms with E-state index in [1.165, 1.54) is 71.6 Å². The standard InChI is InChI=1S/C28H33FN6O5S.C23H25FN6O3S.C19H18ClFN2O3.C10H17N3O2S.C8H15BrO2.C2H3N3S.CH3F.3CH4.2ClH.Na/c1-18(36)30-14-22-17-35(27(38)39-22)21-9-10-23(24(29)13-21)20-7-5-19(6-8-20)16-34(26(37)40-28(2,3)4)11-12-41-25-15-31-33-32-25;1-15(31)26-12-19-14-30(23(32)33-19)18-6-7-20(21(24)10-18)17-4-2-16(3-5-17)11-25-8-9-34-22-13-27-29-28-22;1-12(24)22-10-16-11-23(19(25)26-16)15-6-7-17(18(21)8-15)14-4-2-13(9-20)3-5-14;1-10(2,3)15-9(14)5-4-6-16-8-7-11-13-12-8;1-8(2,3)11-7(10)5-4-6-9;6-2-1-3-5-4-2;1-2;;;;;;/h5-10,13,15,22H,11-12,14,16-17H2,1-4H3,(H,30,36)(H,31,32,33);2-7,10,13,19,25H,8-9,11-12,14H2,1H3,(H,26,31)(H,27,28,29);2-8,16H,9-11H2,1H3,(H,22,24);7H,4-6H2,1-3H3,(H,11,12,13);4-6H2,1-3H3;1H,(H2,3,4,5,6);1H3;3*1H4;2*1H;/q;;;;;;;;;;;;+1/p-1/t22-;19-;16-;;;;;;;;;;/m000........../s1/i;;;;;;1D;;;;;;. The number of carbonyl (C=O) groups excluding carboxylic acids is 9. The Morgan fingerprint density at radius 2 is 0.852 bits per heavy atom. The molecule has 35 nitrogen and oxygen atoms in total. The van der Waals surface area contributed by atoms with Gasteiger partial charge in [-0.1, -0.05) is 111 Å². The number of nitrogens with one attached hydrogen (secondary N) is 8. The zero-order chi connectivity index (χ0) is 100. The Kier molecular flexibility index (Phi) is 59.8. The monoisotopic (exact) mass is 2190 g/mol. The number of alkyl halides is 3. The summed E-state index contributed by atoms with van der Waals surface area (Å²) in [5.41, 5.74) is 6.13. The van der Waals surface area contributed by atoms with Crippen LogP contribution in [0.5, 0.6) is 0 Å². The number of thioether (sulfide) groups is 3. The van der Waals surface area contributed by atoms with Gasteiger partial charge in [-0.3, -0.25) is 43.1 Å². The normalized spacial score (nSPS) is 13.7. The molecule has 4 aromatic heterocycles. The van der Waals surface area contributed by atoms with E-state index >= 15 is 4.39 Å². The van der Waals surface area contributed by atoms with Gasteiger partial charge in [0.1, 0.15) is 67.6 Å². The fourth-order valence-corrected chi connectivity index (χ4v) is 15.0. The van der Waals surface area contributed by atoms with Crippen molar-refractivity contribution in [3.63, 3.8) is 0 Å². The van der Waals surface area contributed by atoms with E-state index in [-0.39, 0.29) is 151 Å². The largest absolute Gasteiger partial charge is 1.00 e. The predicted molar refractivity (Wildman–Crippen MR) is 551 cm³/mol. The second kappa shape index (κ2) is 66.5. The molecule has 0 radical (unpaired) electrons. The number of amides is 7. The van der Waals surface area contributed by atoms with Gasteiger partial charge in [0.25, 0.3) is 0 Å². The molecule has 6 aromatic carbocycles. The van der Waals surface area contributed by atoms with Crippen LogP contribution in [0.15, 0.2) is 172 Å². The number of aromatic nitrogens is 12. The van der Waals surface area contributed by atoms with Gasteiger partial charge in [-0.05, 0) is 168 Å². The van der Waals surface area contributed by atoms with Gasteiger partial charge in [0.05, 0.1) is 83.4 Å². The van der Waals surface area contributed by atoms with E-state index in [1.807, 2.05) is 123 Å². The molecule has 3 fully saturated rings. The van der Waals surface area contributed by atoms with Gasteiger partial charge in [-0.15, -0.1) is 87.0 Å². The maximum absolute atomic E-state index is 15.2. The summed E-state index contributed by atoms with van der Waals surface area (Å²) in [4.78, 5) is 111. The van der Waals surface area contributed by atoms with Gasteiger partial charge in [0, 0.05) is 111 Å². The molecule has 7 amide bonds. The minimum Gasteiger partial charge on any atom is -0.757 e. The Bertz CT molecular complexity index is 5440. The number of rotatable bonds is 33. The van der Waals surface area contributed by atoms with Gasteiger partial charge in [-0.2, -0.15) is 46.3 Å². The second-order valence-corrected chi connectivity index (χ2v) is 37.6. The number of ether oxygens (including phenoxy) is 6. The molecule has 7 heterocycles. The van der Waals surface area contributed by atoms with Crippen LogP contribution >= 0.6 is 87.6 Å². The van der Waals surface area contributed by atoms with E-state index in [0.29, 0.717) is 88.5 Å². The van der Waals surface area contributed by atoms with Crippen LogP contribution in [0.1, 0.15) is 149 Å². The van der Waals surface area contributed by atoms with Gasteiger partial charge in [0.15, 0.2) is 0 Å². The van der Waals surface area contributed by atoms with Crippen LogP contribution in [0.4, 0.5) is 53.8 Å². The number of anilines is 3. The number of benzene rings is 6. The first-order valence-electron chi connectivity index (χ1n) is 43.3. The quantitative estimate of drug-likeness (QED) is 0.00277. The van der Waals surface area contributed by atoms with Crippen LogP contribution in [-0.2, 0) is 84.0 Å². The summed E-state index contributed by atoms with van der Waals surface area (Å²) < 4.78 is 91.8. The van der Waals surface area contributed by atoms with E-state index in [2.05, 4.69) is 111 Å². The Balaban J connectivity index is 0.000000908. The van der Waals surface area contributed by atoms with Crippen molar-refractivity contribution in [2.24, 2.45) is 0 Å². The smallest absolute Gasteiger partial charge is 0.757 e. The van der Waals surface area contributed by atoms with E-state index in [4.69, 9.17) is 41.4 Å². The number of carbonyl (C=O) groups is 9. The zero-order valence-electron chi connectivity index (χ0n) is 80.0. The molecular formula is C94H127BrCl3F4N20NaO15S4. The van der Waals surface area contributed by atoms with Gasteiger partial charge >= 0.3 is 65.9 Å². The Morgan fingerprint density at radius 1 is 0.514 bits per heavy atom. The summed E-state index contributed by atoms with van der Waals surface area (Å²) in [7, 11) is -1.00. The third kappa shape index (κ3) is 47.9. The maximum Gasteiger partial charge on any atom is 1.00 e. The van der Waals surface area contributed by atoms with Crippen molar-refractivity contribution in [3.8, 4) is 33.4 Å². The fourth-order valence-electron chi connectivity index (χ4n) is 12.2. The summed E-state index contributed by atoms with van der Waals surface area (Å²) in [6.07, 6.45) is 5.46. The first kappa shape index (κ1) is 128. The number of esters is 2. The van der Waals surface area contributed by atoms with Crippen molar-refractivity contribution in [1.82, 2.24) is 87.8 Å². The molecule has 0 unspecified atom stereocenters. The first-order chi connectivity index (χ1) is 65.2. The molecule has 774 valence electrons. The average molecular weight is 2190 g/mol. The van der Waals surface area contributed by atoms with Crippen molar-refractivity contribution in [2.45, 2.75) is 205 Å². The molecule has 0 aliphatic carbocycles. The summed E-state index contributed by atoms with van der Waals surface area (Å²) in [6, 6.07) is 36.1. The van der Waals surface area contributed by atoms with Crippen molar-refractivity contribution >= 4 is 171 Å². The molecule has 3 aliphatic heterocycles. The maximum atomic E-state index is 15.2. The van der Waals surface area contributed by atoms with Crippen molar-refractivity contribution in [2.75, 3.05) is 96.8 Å². The molecule has 0 bridgehead atoms.